The molecule has 0 spiro atoms. The molecule has 2 fully saturated rings. The van der Waals surface area contributed by atoms with Crippen molar-refractivity contribution in [2.45, 2.75) is 38.7 Å². The van der Waals surface area contributed by atoms with Crippen molar-refractivity contribution in [1.82, 2.24) is 0 Å². The summed E-state index contributed by atoms with van der Waals surface area (Å²) in [4.78, 5) is 0. The monoisotopic (exact) mass is 275 g/mol. The zero-order valence-electron chi connectivity index (χ0n) is 12.2. The first-order valence-electron chi connectivity index (χ1n) is 7.80. The van der Waals surface area contributed by atoms with Gasteiger partial charge in [-0.25, -0.2) is 0 Å². The number of hydrogen-bond donors (Lipinski definition) is 2. The average Bonchev–Trinajstić information content (AvgIpc) is 3.08. The number of rotatable bonds is 5. The predicted octanol–water partition coefficient (Wildman–Crippen LogP) is 2.88. The van der Waals surface area contributed by atoms with Crippen LogP contribution in [0.25, 0.3) is 0 Å². The van der Waals surface area contributed by atoms with E-state index in [-0.39, 0.29) is 5.41 Å². The van der Waals surface area contributed by atoms with E-state index in [1.165, 1.54) is 19.3 Å². The molecule has 0 amide bonds. The molecule has 2 aliphatic rings. The fourth-order valence-electron chi connectivity index (χ4n) is 4.46. The van der Waals surface area contributed by atoms with Gasteiger partial charge in [-0.15, -0.1) is 0 Å². The predicted molar refractivity (Wildman–Crippen MR) is 79.5 cm³/mol. The van der Waals surface area contributed by atoms with Crippen molar-refractivity contribution in [3.63, 3.8) is 0 Å². The van der Waals surface area contributed by atoms with E-state index in [0.717, 1.165) is 23.7 Å². The molecule has 20 heavy (non-hydrogen) atoms. The molecule has 110 valence electrons. The van der Waals surface area contributed by atoms with Crippen LogP contribution in [0.15, 0.2) is 24.3 Å². The van der Waals surface area contributed by atoms with E-state index >= 15 is 0 Å². The molecule has 3 heteroatoms. The van der Waals surface area contributed by atoms with Crippen molar-refractivity contribution < 1.29 is 9.84 Å². The minimum atomic E-state index is -0.469. The molecule has 3 nitrogen and oxygen atoms in total. The van der Waals surface area contributed by atoms with Crippen LogP contribution in [0.4, 0.5) is 0 Å². The first-order chi connectivity index (χ1) is 9.69. The van der Waals surface area contributed by atoms with Gasteiger partial charge in [0.2, 0.25) is 0 Å². The molecule has 0 aliphatic heterocycles. The molecule has 0 aromatic heterocycles. The second kappa shape index (κ2) is 5.38. The van der Waals surface area contributed by atoms with Crippen LogP contribution in [0, 0.1) is 17.3 Å². The number of aliphatic hydroxyl groups excluding tert-OH is 1. The molecule has 3 rings (SSSR count). The Balaban J connectivity index is 1.87. The minimum Gasteiger partial charge on any atom is -0.494 e. The second-order valence-electron chi connectivity index (χ2n) is 6.43. The van der Waals surface area contributed by atoms with Crippen molar-refractivity contribution in [1.29, 1.82) is 0 Å². The van der Waals surface area contributed by atoms with Crippen LogP contribution in [0.5, 0.6) is 5.75 Å². The highest BCUT2D eigenvalue weighted by atomic mass is 16.5. The SMILES string of the molecule is CCOc1cccc(C(O)C2(CN)CC3CCC2C3)c1. The van der Waals surface area contributed by atoms with Gasteiger partial charge in [0, 0.05) is 12.0 Å². The molecule has 3 N–H and O–H groups in total. The van der Waals surface area contributed by atoms with E-state index in [1.54, 1.807) is 0 Å². The number of fused-ring (bicyclic) bond motifs is 2. The fraction of sp³-hybridized carbons (Fsp3) is 0.647. The van der Waals surface area contributed by atoms with E-state index in [0.29, 0.717) is 19.1 Å². The third-order valence-electron chi connectivity index (χ3n) is 5.43. The van der Waals surface area contributed by atoms with Gasteiger partial charge in [-0.2, -0.15) is 0 Å². The Hall–Kier alpha value is -1.06. The standard InChI is InChI=1S/C17H25NO2/c1-2-20-15-5-3-4-13(9-15)16(19)17(11-18)10-12-6-7-14(17)8-12/h3-5,9,12,14,16,19H,2,6-8,10-11,18H2,1H3. The maximum atomic E-state index is 10.9. The lowest BCUT2D eigenvalue weighted by molar-refractivity contribution is -0.0131. The first-order valence-corrected chi connectivity index (χ1v) is 7.80. The molecular formula is C17H25NO2. The summed E-state index contributed by atoms with van der Waals surface area (Å²) < 4.78 is 5.55. The van der Waals surface area contributed by atoms with Crippen molar-refractivity contribution >= 4 is 0 Å². The summed E-state index contributed by atoms with van der Waals surface area (Å²) in [5.74, 6) is 2.19. The summed E-state index contributed by atoms with van der Waals surface area (Å²) in [5, 5.41) is 10.9. The lowest BCUT2D eigenvalue weighted by Gasteiger charge is -2.41. The number of ether oxygens (including phenoxy) is 1. The summed E-state index contributed by atoms with van der Waals surface area (Å²) in [7, 11) is 0. The van der Waals surface area contributed by atoms with Crippen LogP contribution < -0.4 is 10.5 Å². The Kier molecular flexibility index (Phi) is 3.74. The van der Waals surface area contributed by atoms with E-state index in [4.69, 9.17) is 10.5 Å². The van der Waals surface area contributed by atoms with Crippen LogP contribution in [0.3, 0.4) is 0 Å². The molecule has 1 aromatic rings. The van der Waals surface area contributed by atoms with Gasteiger partial charge < -0.3 is 15.6 Å². The summed E-state index contributed by atoms with van der Waals surface area (Å²) in [5.41, 5.74) is 6.93. The minimum absolute atomic E-state index is 0.117. The molecule has 2 aliphatic carbocycles. The Morgan fingerprint density at radius 1 is 1.45 bits per heavy atom. The molecule has 2 bridgehead atoms. The Morgan fingerprint density at radius 2 is 2.30 bits per heavy atom. The summed E-state index contributed by atoms with van der Waals surface area (Å²) in [6.07, 6.45) is 4.40. The van der Waals surface area contributed by atoms with Gasteiger partial charge >= 0.3 is 0 Å². The Bertz CT molecular complexity index is 476. The third-order valence-corrected chi connectivity index (χ3v) is 5.43. The van der Waals surface area contributed by atoms with Gasteiger partial charge in [0.25, 0.3) is 0 Å². The quantitative estimate of drug-likeness (QED) is 0.868. The van der Waals surface area contributed by atoms with E-state index in [1.807, 2.05) is 31.2 Å². The van der Waals surface area contributed by atoms with Crippen molar-refractivity contribution in [2.75, 3.05) is 13.2 Å². The molecular weight excluding hydrogens is 250 g/mol. The van der Waals surface area contributed by atoms with Gasteiger partial charge in [-0.05, 0) is 55.7 Å². The number of hydrogen-bond acceptors (Lipinski definition) is 3. The molecule has 0 radical (unpaired) electrons. The van der Waals surface area contributed by atoms with Gasteiger partial charge in [-0.3, -0.25) is 0 Å². The molecule has 4 unspecified atom stereocenters. The second-order valence-corrected chi connectivity index (χ2v) is 6.43. The highest BCUT2D eigenvalue weighted by Gasteiger charge is 2.54. The van der Waals surface area contributed by atoms with Crippen LogP contribution in [-0.2, 0) is 0 Å². The zero-order valence-corrected chi connectivity index (χ0v) is 12.2. The number of nitrogens with two attached hydrogens (primary N) is 1. The lowest BCUT2D eigenvalue weighted by Crippen LogP contribution is -2.41. The number of aliphatic hydroxyl groups is 1. The lowest BCUT2D eigenvalue weighted by atomic mass is 9.67. The number of benzene rings is 1. The largest absolute Gasteiger partial charge is 0.494 e. The third kappa shape index (κ3) is 2.13. The van der Waals surface area contributed by atoms with Gasteiger partial charge in [0.05, 0.1) is 12.7 Å². The summed E-state index contributed by atoms with van der Waals surface area (Å²) >= 11 is 0. The first kappa shape index (κ1) is 13.9. The Labute approximate surface area is 121 Å². The van der Waals surface area contributed by atoms with E-state index in [2.05, 4.69) is 0 Å². The zero-order chi connectivity index (χ0) is 14.2. The molecule has 1 aromatic carbocycles. The topological polar surface area (TPSA) is 55.5 Å². The molecule has 4 atom stereocenters. The van der Waals surface area contributed by atoms with Crippen LogP contribution in [-0.4, -0.2) is 18.3 Å². The highest BCUT2D eigenvalue weighted by Crippen LogP contribution is 2.60. The fourth-order valence-corrected chi connectivity index (χ4v) is 4.46. The van der Waals surface area contributed by atoms with Crippen LogP contribution in [0.2, 0.25) is 0 Å². The van der Waals surface area contributed by atoms with Gasteiger partial charge in [0.15, 0.2) is 0 Å². The van der Waals surface area contributed by atoms with Gasteiger partial charge in [-0.1, -0.05) is 18.6 Å². The maximum absolute atomic E-state index is 10.9. The molecule has 0 heterocycles. The molecule has 2 saturated carbocycles. The molecule has 0 saturated heterocycles. The van der Waals surface area contributed by atoms with E-state index in [9.17, 15) is 5.11 Å². The highest BCUT2D eigenvalue weighted by molar-refractivity contribution is 5.31. The maximum Gasteiger partial charge on any atom is 0.119 e. The smallest absolute Gasteiger partial charge is 0.119 e. The van der Waals surface area contributed by atoms with Crippen molar-refractivity contribution in [3.8, 4) is 5.75 Å². The van der Waals surface area contributed by atoms with Crippen molar-refractivity contribution in [2.24, 2.45) is 23.0 Å². The van der Waals surface area contributed by atoms with Crippen LogP contribution >= 0.6 is 0 Å². The Morgan fingerprint density at radius 3 is 2.90 bits per heavy atom. The summed E-state index contributed by atoms with van der Waals surface area (Å²) in [6.45, 7) is 3.20. The average molecular weight is 275 g/mol. The summed E-state index contributed by atoms with van der Waals surface area (Å²) in [6, 6.07) is 7.87. The van der Waals surface area contributed by atoms with Gasteiger partial charge in [0.1, 0.15) is 5.75 Å². The van der Waals surface area contributed by atoms with Crippen LogP contribution in [0.1, 0.15) is 44.3 Å². The normalized spacial score (nSPS) is 33.4. The van der Waals surface area contributed by atoms with Crippen molar-refractivity contribution in [3.05, 3.63) is 29.8 Å². The van der Waals surface area contributed by atoms with E-state index < -0.39 is 6.10 Å².